The zero-order valence-corrected chi connectivity index (χ0v) is 31.0. The molecule has 226 valence electrons. The van der Waals surface area contributed by atoms with Gasteiger partial charge in [0.15, 0.2) is 0 Å². The van der Waals surface area contributed by atoms with E-state index in [0.29, 0.717) is 30.2 Å². The number of hydrogen-bond acceptors (Lipinski definition) is 9. The summed E-state index contributed by atoms with van der Waals surface area (Å²) >= 11 is 0. The van der Waals surface area contributed by atoms with Crippen LogP contribution in [0.15, 0.2) is 139 Å². The average molecular weight is 676 g/mol. The van der Waals surface area contributed by atoms with E-state index >= 15 is 0 Å². The minimum Gasteiger partial charge on any atom is -0.367 e. The molecule has 0 bridgehead atoms. The smallest absolute Gasteiger partial charge is 0.294 e. The molecule has 0 aliphatic rings. The minimum atomic E-state index is -4.36. The van der Waals surface area contributed by atoms with Crippen molar-refractivity contribution in [3.05, 3.63) is 115 Å². The Morgan fingerprint density at radius 1 is 0.587 bits per heavy atom. The molecule has 0 atom stereocenters. The molecule has 46 heavy (non-hydrogen) atoms. The van der Waals surface area contributed by atoms with Crippen molar-refractivity contribution < 1.29 is 25.9 Å². The van der Waals surface area contributed by atoms with Gasteiger partial charge in [-0.25, -0.2) is 0 Å². The van der Waals surface area contributed by atoms with Crippen molar-refractivity contribution >= 4 is 119 Å². The van der Waals surface area contributed by atoms with Crippen LogP contribution in [-0.2, 0) is 26.8 Å². The summed E-state index contributed by atoms with van der Waals surface area (Å²) in [5, 5.41) is 18.9. The van der Waals surface area contributed by atoms with Crippen LogP contribution in [0.4, 0.5) is 28.4 Å². The standard InChI is InChI=1S/C31H27N5O6S2.2Na/c1-2-36(21-22-7-5-9-26(19-22)43(37,38)39)25-15-13-23(14-16-25)32-34-30-17-18-31(29-12-4-3-11-28(29)30)35-33-24-8-6-10-27(20-24)44(40,41)42;;/h3-20H,2,21H2,1H3,(H,37,38,39)(H,40,41,42);;. The van der Waals surface area contributed by atoms with Crippen molar-refractivity contribution in [2.45, 2.75) is 23.3 Å². The Morgan fingerprint density at radius 2 is 1.11 bits per heavy atom. The van der Waals surface area contributed by atoms with E-state index in [4.69, 9.17) is 0 Å². The van der Waals surface area contributed by atoms with Gasteiger partial charge in [-0.15, -0.1) is 10.2 Å². The Balaban J connectivity index is 0.00000288. The summed E-state index contributed by atoms with van der Waals surface area (Å²) < 4.78 is 64.6. The summed E-state index contributed by atoms with van der Waals surface area (Å²) in [6.45, 7) is 3.10. The average Bonchev–Trinajstić information content (AvgIpc) is 3.01. The van der Waals surface area contributed by atoms with E-state index in [1.165, 1.54) is 30.3 Å². The van der Waals surface area contributed by atoms with Gasteiger partial charge in [0.25, 0.3) is 20.2 Å². The van der Waals surface area contributed by atoms with Crippen LogP contribution in [0.2, 0.25) is 0 Å². The normalized spacial score (nSPS) is 11.8. The maximum Gasteiger partial charge on any atom is 0.294 e. The first-order chi connectivity index (χ1) is 21.0. The first kappa shape index (κ1) is 37.6. The SMILES string of the molecule is CCN(Cc1cccc(S(=O)(=O)O)c1)c1ccc(N=Nc2ccc(N=Nc3cccc(S(=O)(=O)O)c3)c3ccccc23)cc1.[Na].[Na]. The maximum absolute atomic E-state index is 11.5. The van der Waals surface area contributed by atoms with Gasteiger partial charge < -0.3 is 4.90 Å². The molecule has 0 saturated heterocycles. The molecule has 0 aliphatic heterocycles. The van der Waals surface area contributed by atoms with Crippen LogP contribution in [0.1, 0.15) is 12.5 Å². The summed E-state index contributed by atoms with van der Waals surface area (Å²) in [5.41, 5.74) is 3.71. The molecular weight excluding hydrogens is 648 g/mol. The van der Waals surface area contributed by atoms with Gasteiger partial charge >= 0.3 is 0 Å². The van der Waals surface area contributed by atoms with Crippen molar-refractivity contribution in [2.75, 3.05) is 11.4 Å². The number of rotatable bonds is 10. The minimum absolute atomic E-state index is 0. The summed E-state index contributed by atoms with van der Waals surface area (Å²) in [6.07, 6.45) is 0. The predicted octanol–water partition coefficient (Wildman–Crippen LogP) is 7.43. The van der Waals surface area contributed by atoms with Crippen LogP contribution in [-0.4, -0.2) is 91.6 Å². The van der Waals surface area contributed by atoms with Gasteiger partial charge in [0, 0.05) is 88.7 Å². The van der Waals surface area contributed by atoms with Crippen molar-refractivity contribution in [3.8, 4) is 0 Å². The molecule has 2 radical (unpaired) electrons. The van der Waals surface area contributed by atoms with E-state index in [9.17, 15) is 25.9 Å². The van der Waals surface area contributed by atoms with Crippen molar-refractivity contribution in [2.24, 2.45) is 20.5 Å². The van der Waals surface area contributed by atoms with Crippen LogP contribution in [0.25, 0.3) is 10.8 Å². The number of benzene rings is 5. The first-order valence-electron chi connectivity index (χ1n) is 13.4. The second-order valence-electron chi connectivity index (χ2n) is 9.67. The second-order valence-corrected chi connectivity index (χ2v) is 12.5. The van der Waals surface area contributed by atoms with Crippen LogP contribution in [0, 0.1) is 0 Å². The van der Waals surface area contributed by atoms with Gasteiger partial charge in [0.1, 0.15) is 0 Å². The number of nitrogens with zero attached hydrogens (tertiary/aromatic N) is 5. The molecule has 0 aliphatic carbocycles. The fourth-order valence-electron chi connectivity index (χ4n) is 4.51. The Bertz CT molecular complexity index is 2110. The van der Waals surface area contributed by atoms with Gasteiger partial charge in [-0.2, -0.15) is 27.1 Å². The molecule has 0 saturated carbocycles. The maximum atomic E-state index is 11.5. The molecule has 0 unspecified atom stereocenters. The molecule has 0 heterocycles. The van der Waals surface area contributed by atoms with Crippen LogP contribution < -0.4 is 4.90 Å². The Hall–Kier alpha value is -2.82. The van der Waals surface area contributed by atoms with E-state index in [0.717, 1.165) is 22.0 Å². The monoisotopic (exact) mass is 675 g/mol. The molecular formula is C31H27N5Na2O6S2. The molecule has 0 amide bonds. The predicted molar refractivity (Wildman–Crippen MR) is 179 cm³/mol. The third-order valence-electron chi connectivity index (χ3n) is 6.71. The van der Waals surface area contributed by atoms with E-state index in [-0.39, 0.29) is 74.6 Å². The molecule has 0 fully saturated rings. The van der Waals surface area contributed by atoms with Crippen LogP contribution >= 0.6 is 0 Å². The molecule has 11 nitrogen and oxygen atoms in total. The van der Waals surface area contributed by atoms with Gasteiger partial charge in [-0.1, -0.05) is 42.5 Å². The van der Waals surface area contributed by atoms with Gasteiger partial charge in [-0.3, -0.25) is 9.11 Å². The first-order valence-corrected chi connectivity index (χ1v) is 16.2. The van der Waals surface area contributed by atoms with Crippen molar-refractivity contribution in [1.82, 2.24) is 0 Å². The molecule has 5 aromatic rings. The van der Waals surface area contributed by atoms with Crippen molar-refractivity contribution in [1.29, 1.82) is 0 Å². The molecule has 5 aromatic carbocycles. The molecule has 2 N–H and O–H groups in total. The summed E-state index contributed by atoms with van der Waals surface area (Å²) in [4.78, 5) is 1.65. The molecule has 0 aromatic heterocycles. The molecule has 5 rings (SSSR count). The second kappa shape index (κ2) is 16.3. The van der Waals surface area contributed by atoms with E-state index in [1.54, 1.807) is 30.3 Å². The number of hydrogen-bond donors (Lipinski definition) is 2. The largest absolute Gasteiger partial charge is 0.367 e. The van der Waals surface area contributed by atoms with Gasteiger partial charge in [0.2, 0.25) is 0 Å². The summed E-state index contributed by atoms with van der Waals surface area (Å²) in [7, 11) is -8.64. The van der Waals surface area contributed by atoms with E-state index in [1.807, 2.05) is 55.5 Å². The van der Waals surface area contributed by atoms with Gasteiger partial charge in [-0.05, 0) is 79.2 Å². The summed E-state index contributed by atoms with van der Waals surface area (Å²) in [6, 6.07) is 30.2. The Kier molecular flexibility index (Phi) is 13.4. The number of azo groups is 2. The number of anilines is 1. The Morgan fingerprint density at radius 3 is 1.65 bits per heavy atom. The zero-order chi connectivity index (χ0) is 31.3. The quantitative estimate of drug-likeness (QED) is 0.0884. The Labute approximate surface area is 311 Å². The van der Waals surface area contributed by atoms with E-state index < -0.39 is 20.2 Å². The third-order valence-corrected chi connectivity index (χ3v) is 8.41. The van der Waals surface area contributed by atoms with Gasteiger partial charge in [0.05, 0.1) is 32.5 Å². The van der Waals surface area contributed by atoms with Crippen LogP contribution in [0.5, 0.6) is 0 Å². The van der Waals surface area contributed by atoms with Crippen molar-refractivity contribution in [3.63, 3.8) is 0 Å². The third kappa shape index (κ3) is 9.61. The molecule has 15 heteroatoms. The fraction of sp³-hybridized carbons (Fsp3) is 0.0968. The number of fused-ring (bicyclic) bond motifs is 1. The topological polar surface area (TPSA) is 161 Å². The molecule has 0 spiro atoms. The fourth-order valence-corrected chi connectivity index (χ4v) is 5.58. The zero-order valence-electron chi connectivity index (χ0n) is 25.4. The summed E-state index contributed by atoms with van der Waals surface area (Å²) in [5.74, 6) is 0. The van der Waals surface area contributed by atoms with E-state index in [2.05, 4.69) is 25.4 Å². The van der Waals surface area contributed by atoms with Crippen LogP contribution in [0.3, 0.4) is 0 Å².